The van der Waals surface area contributed by atoms with Crippen LogP contribution in [0.5, 0.6) is 0 Å². The van der Waals surface area contributed by atoms with Crippen LogP contribution >= 0.6 is 0 Å². The van der Waals surface area contributed by atoms with Gasteiger partial charge in [0.25, 0.3) is 0 Å². The molecule has 172 valence electrons. The van der Waals surface area contributed by atoms with E-state index in [1.54, 1.807) is 7.11 Å². The van der Waals surface area contributed by atoms with Gasteiger partial charge in [0.1, 0.15) is 12.2 Å². The number of nitrogens with zero attached hydrogens (tertiary/aromatic N) is 1. The van der Waals surface area contributed by atoms with E-state index >= 15 is 0 Å². The monoisotopic (exact) mass is 437 g/mol. The van der Waals surface area contributed by atoms with Crippen LogP contribution in [0, 0.1) is 29.6 Å². The third-order valence-corrected chi connectivity index (χ3v) is 7.79. The maximum atomic E-state index is 13.2. The lowest BCUT2D eigenvalue weighted by Gasteiger charge is -2.32. The van der Waals surface area contributed by atoms with Gasteiger partial charge in [0.05, 0.1) is 31.6 Å². The van der Waals surface area contributed by atoms with Crippen molar-refractivity contribution in [3.05, 3.63) is 0 Å². The molecule has 9 heteroatoms. The van der Waals surface area contributed by atoms with E-state index in [0.717, 1.165) is 25.7 Å². The second kappa shape index (κ2) is 8.67. The molecule has 0 amide bonds. The molecule has 9 nitrogen and oxygen atoms in total. The Morgan fingerprint density at radius 2 is 1.90 bits per heavy atom. The predicted octanol–water partition coefficient (Wildman–Crippen LogP) is 0.744. The largest absolute Gasteiger partial charge is 0.458 e. The number of fused-ring (bicyclic) bond motifs is 1. The molecular formula is C22H31NO8. The van der Waals surface area contributed by atoms with E-state index in [1.807, 2.05) is 4.90 Å². The highest BCUT2D eigenvalue weighted by Gasteiger charge is 2.70. The van der Waals surface area contributed by atoms with Gasteiger partial charge in [-0.15, -0.1) is 0 Å². The molecule has 5 fully saturated rings. The molecule has 0 aromatic rings. The zero-order chi connectivity index (χ0) is 21.5. The van der Waals surface area contributed by atoms with Gasteiger partial charge in [-0.05, 0) is 19.3 Å². The summed E-state index contributed by atoms with van der Waals surface area (Å²) in [6.07, 6.45) is 3.15. The van der Waals surface area contributed by atoms with E-state index < -0.39 is 36.3 Å². The van der Waals surface area contributed by atoms with Gasteiger partial charge in [-0.1, -0.05) is 12.8 Å². The summed E-state index contributed by atoms with van der Waals surface area (Å²) in [4.78, 5) is 40.3. The van der Waals surface area contributed by atoms with Gasteiger partial charge >= 0.3 is 17.9 Å². The number of methoxy groups -OCH3 is 1. The van der Waals surface area contributed by atoms with Crippen molar-refractivity contribution >= 4 is 17.9 Å². The summed E-state index contributed by atoms with van der Waals surface area (Å²) >= 11 is 0. The van der Waals surface area contributed by atoms with Crippen molar-refractivity contribution in [3.63, 3.8) is 0 Å². The molecule has 0 spiro atoms. The first-order valence-corrected chi connectivity index (χ1v) is 11.5. The zero-order valence-corrected chi connectivity index (χ0v) is 17.9. The molecule has 0 aromatic heterocycles. The summed E-state index contributed by atoms with van der Waals surface area (Å²) in [6, 6.07) is 0. The molecule has 0 aromatic carbocycles. The highest BCUT2D eigenvalue weighted by molar-refractivity contribution is 5.86. The van der Waals surface area contributed by atoms with Gasteiger partial charge in [0.15, 0.2) is 0 Å². The topological polar surface area (TPSA) is 101 Å². The van der Waals surface area contributed by atoms with Crippen LogP contribution in [-0.2, 0) is 38.1 Å². The number of rotatable bonds is 7. The summed E-state index contributed by atoms with van der Waals surface area (Å²) < 4.78 is 27.9. The van der Waals surface area contributed by atoms with Gasteiger partial charge in [0.2, 0.25) is 6.29 Å². The van der Waals surface area contributed by atoms with Gasteiger partial charge in [-0.2, -0.15) is 0 Å². The number of morpholine rings is 1. The highest BCUT2D eigenvalue weighted by atomic mass is 16.7. The second-order valence-corrected chi connectivity index (χ2v) is 9.44. The fourth-order valence-electron chi connectivity index (χ4n) is 6.36. The Labute approximate surface area is 181 Å². The smallest absolute Gasteiger partial charge is 0.320 e. The molecule has 7 unspecified atom stereocenters. The molecular weight excluding hydrogens is 406 g/mol. The Morgan fingerprint density at radius 1 is 1.16 bits per heavy atom. The standard InChI is InChI=1S/C22H31NO8/c1-27-22(12-4-2-3-5-12)31-21(26)17-13-10-14-16(17)20(25)30-19(14)18(13)29-15(24)11-23-6-8-28-9-7-23/h12-14,16-19,22H,2-11H2,1H3. The van der Waals surface area contributed by atoms with E-state index in [4.69, 9.17) is 23.7 Å². The molecule has 31 heavy (non-hydrogen) atoms. The summed E-state index contributed by atoms with van der Waals surface area (Å²) in [5.74, 6) is -2.46. The number of hydrogen-bond acceptors (Lipinski definition) is 9. The Kier molecular flexibility index (Phi) is 5.92. The summed E-state index contributed by atoms with van der Waals surface area (Å²) in [6.45, 7) is 2.73. The summed E-state index contributed by atoms with van der Waals surface area (Å²) in [5, 5.41) is 0. The normalized spacial score (nSPS) is 38.3. The average Bonchev–Trinajstić information content (AvgIpc) is 3.52. The number of ether oxygens (including phenoxy) is 5. The van der Waals surface area contributed by atoms with Crippen LogP contribution in [0.25, 0.3) is 0 Å². The SMILES string of the molecule is COC(OC(=O)C1C2CC3C(OC(=O)C31)C2OC(=O)CN1CCOCC1)C1CCCC1. The summed E-state index contributed by atoms with van der Waals surface area (Å²) in [5.41, 5.74) is 0. The van der Waals surface area contributed by atoms with Crippen LogP contribution in [0.1, 0.15) is 32.1 Å². The fourth-order valence-corrected chi connectivity index (χ4v) is 6.36. The lowest BCUT2D eigenvalue weighted by atomic mass is 9.78. The third kappa shape index (κ3) is 3.85. The van der Waals surface area contributed by atoms with Crippen molar-refractivity contribution in [1.82, 2.24) is 4.90 Å². The molecule has 0 radical (unpaired) electrons. The molecule has 5 rings (SSSR count). The highest BCUT2D eigenvalue weighted by Crippen LogP contribution is 2.59. The molecule has 2 aliphatic heterocycles. The lowest BCUT2D eigenvalue weighted by molar-refractivity contribution is -0.195. The minimum Gasteiger partial charge on any atom is -0.458 e. The van der Waals surface area contributed by atoms with Crippen molar-refractivity contribution in [1.29, 1.82) is 0 Å². The van der Waals surface area contributed by atoms with Crippen LogP contribution in [-0.4, -0.2) is 81.3 Å². The van der Waals surface area contributed by atoms with Crippen LogP contribution < -0.4 is 0 Å². The van der Waals surface area contributed by atoms with E-state index in [1.165, 1.54) is 0 Å². The van der Waals surface area contributed by atoms with Crippen molar-refractivity contribution in [2.45, 2.75) is 50.6 Å². The maximum Gasteiger partial charge on any atom is 0.320 e. The van der Waals surface area contributed by atoms with E-state index in [-0.39, 0.29) is 36.2 Å². The number of hydrogen-bond donors (Lipinski definition) is 0. The quantitative estimate of drug-likeness (QED) is 0.324. The van der Waals surface area contributed by atoms with Crippen molar-refractivity contribution in [3.8, 4) is 0 Å². The minimum atomic E-state index is -0.642. The Hall–Kier alpha value is -1.71. The maximum absolute atomic E-state index is 13.2. The van der Waals surface area contributed by atoms with Gasteiger partial charge in [-0.3, -0.25) is 19.3 Å². The molecule has 2 saturated heterocycles. The third-order valence-electron chi connectivity index (χ3n) is 7.79. The van der Waals surface area contributed by atoms with E-state index in [9.17, 15) is 14.4 Å². The second-order valence-electron chi connectivity index (χ2n) is 9.44. The van der Waals surface area contributed by atoms with Crippen LogP contribution in [0.3, 0.4) is 0 Å². The van der Waals surface area contributed by atoms with Crippen molar-refractivity contribution in [2.75, 3.05) is 40.0 Å². The molecule has 7 atom stereocenters. The average molecular weight is 437 g/mol. The van der Waals surface area contributed by atoms with Crippen LogP contribution in [0.15, 0.2) is 0 Å². The van der Waals surface area contributed by atoms with Gasteiger partial charge < -0.3 is 23.7 Å². The van der Waals surface area contributed by atoms with Gasteiger partial charge in [0, 0.05) is 38.0 Å². The molecule has 2 heterocycles. The van der Waals surface area contributed by atoms with Gasteiger partial charge in [-0.25, -0.2) is 0 Å². The van der Waals surface area contributed by atoms with E-state index in [0.29, 0.717) is 32.7 Å². The van der Waals surface area contributed by atoms with Crippen molar-refractivity contribution in [2.24, 2.45) is 29.6 Å². The Morgan fingerprint density at radius 3 is 2.61 bits per heavy atom. The molecule has 0 N–H and O–H groups in total. The molecule has 2 bridgehead atoms. The minimum absolute atomic E-state index is 0.0938. The first kappa shape index (κ1) is 21.2. The summed E-state index contributed by atoms with van der Waals surface area (Å²) in [7, 11) is 1.55. The lowest BCUT2D eigenvalue weighted by Crippen LogP contribution is -2.46. The zero-order valence-electron chi connectivity index (χ0n) is 17.9. The molecule has 5 aliphatic rings. The van der Waals surface area contributed by atoms with Crippen LogP contribution in [0.2, 0.25) is 0 Å². The fraction of sp³-hybridized carbons (Fsp3) is 0.864. The Bertz CT molecular complexity index is 716. The first-order chi connectivity index (χ1) is 15.1. The number of esters is 3. The molecule has 3 aliphatic carbocycles. The predicted molar refractivity (Wildman–Crippen MR) is 104 cm³/mol. The van der Waals surface area contributed by atoms with Crippen LogP contribution in [0.4, 0.5) is 0 Å². The molecule has 3 saturated carbocycles. The number of carbonyl (C=O) groups excluding carboxylic acids is 3. The Balaban J connectivity index is 1.26. The number of carbonyl (C=O) groups is 3. The van der Waals surface area contributed by atoms with Crippen molar-refractivity contribution < 1.29 is 38.1 Å². The first-order valence-electron chi connectivity index (χ1n) is 11.5. The van der Waals surface area contributed by atoms with E-state index in [2.05, 4.69) is 0 Å².